The molecule has 0 amide bonds. The van der Waals surface area contributed by atoms with Crippen LogP contribution in [0.5, 0.6) is 0 Å². The summed E-state index contributed by atoms with van der Waals surface area (Å²) in [6, 6.07) is 15.4. The van der Waals surface area contributed by atoms with Crippen LogP contribution in [-0.2, 0) is 17.7 Å². The standard InChI is InChI=1S/C21H24FN3S/c1-5-25-19(15-10-12-17(13-11-15)21(2,3)4)23-24-20(25)26-14-16-8-6-7-9-18(16)22/h6-13H,5,14H2,1-4H3. The van der Waals surface area contributed by atoms with Gasteiger partial charge in [-0.15, -0.1) is 10.2 Å². The van der Waals surface area contributed by atoms with Gasteiger partial charge in [0.1, 0.15) is 5.82 Å². The van der Waals surface area contributed by atoms with Crippen LogP contribution in [0.4, 0.5) is 4.39 Å². The van der Waals surface area contributed by atoms with Gasteiger partial charge >= 0.3 is 0 Å². The van der Waals surface area contributed by atoms with Crippen LogP contribution in [0.25, 0.3) is 11.4 Å². The van der Waals surface area contributed by atoms with E-state index in [0.29, 0.717) is 11.3 Å². The second-order valence-corrected chi connectivity index (χ2v) is 8.20. The normalized spacial score (nSPS) is 11.7. The Hall–Kier alpha value is -2.14. The molecule has 1 heterocycles. The zero-order chi connectivity index (χ0) is 18.7. The van der Waals surface area contributed by atoms with Gasteiger partial charge in [-0.05, 0) is 29.5 Å². The van der Waals surface area contributed by atoms with Crippen LogP contribution >= 0.6 is 11.8 Å². The van der Waals surface area contributed by atoms with Crippen LogP contribution in [0.1, 0.15) is 38.8 Å². The van der Waals surface area contributed by atoms with Gasteiger partial charge in [-0.25, -0.2) is 4.39 Å². The largest absolute Gasteiger partial charge is 0.302 e. The zero-order valence-electron chi connectivity index (χ0n) is 15.7. The Bertz CT molecular complexity index is 879. The summed E-state index contributed by atoms with van der Waals surface area (Å²) in [6.45, 7) is 9.45. The fourth-order valence-corrected chi connectivity index (χ4v) is 3.76. The van der Waals surface area contributed by atoms with E-state index in [-0.39, 0.29) is 11.2 Å². The Morgan fingerprint density at radius 1 is 1.00 bits per heavy atom. The SMILES string of the molecule is CCn1c(SCc2ccccc2F)nnc1-c1ccc(C(C)(C)C)cc1. The lowest BCUT2D eigenvalue weighted by Crippen LogP contribution is -2.10. The lowest BCUT2D eigenvalue weighted by atomic mass is 9.87. The van der Waals surface area contributed by atoms with Gasteiger partial charge in [-0.1, -0.05) is 75.0 Å². The highest BCUT2D eigenvalue weighted by Gasteiger charge is 2.16. The van der Waals surface area contributed by atoms with Crippen LogP contribution in [-0.4, -0.2) is 14.8 Å². The van der Waals surface area contributed by atoms with Gasteiger partial charge in [-0.2, -0.15) is 0 Å². The number of aromatic nitrogens is 3. The monoisotopic (exact) mass is 369 g/mol. The molecular formula is C21H24FN3S. The molecule has 3 nitrogen and oxygen atoms in total. The van der Waals surface area contributed by atoms with E-state index in [2.05, 4.69) is 66.7 Å². The molecule has 2 aromatic carbocycles. The smallest absolute Gasteiger partial charge is 0.191 e. The van der Waals surface area contributed by atoms with Crippen molar-refractivity contribution in [3.8, 4) is 11.4 Å². The molecule has 0 N–H and O–H groups in total. The molecule has 0 saturated heterocycles. The predicted molar refractivity (Wildman–Crippen MR) is 106 cm³/mol. The first-order valence-corrected chi connectivity index (χ1v) is 9.79. The number of thioether (sulfide) groups is 1. The maximum Gasteiger partial charge on any atom is 0.191 e. The van der Waals surface area contributed by atoms with Gasteiger partial charge in [0.25, 0.3) is 0 Å². The predicted octanol–water partition coefficient (Wildman–Crippen LogP) is 5.69. The Kier molecular flexibility index (Phi) is 5.47. The van der Waals surface area contributed by atoms with Crippen LogP contribution < -0.4 is 0 Å². The average molecular weight is 370 g/mol. The van der Waals surface area contributed by atoms with Crippen molar-refractivity contribution < 1.29 is 4.39 Å². The van der Waals surface area contributed by atoms with Gasteiger partial charge in [-0.3, -0.25) is 0 Å². The zero-order valence-corrected chi connectivity index (χ0v) is 16.5. The summed E-state index contributed by atoms with van der Waals surface area (Å²) >= 11 is 1.51. The van der Waals surface area contributed by atoms with Crippen molar-refractivity contribution in [3.05, 3.63) is 65.5 Å². The van der Waals surface area contributed by atoms with E-state index in [1.54, 1.807) is 12.1 Å². The summed E-state index contributed by atoms with van der Waals surface area (Å²) in [5.74, 6) is 1.21. The fourth-order valence-electron chi connectivity index (χ4n) is 2.77. The highest BCUT2D eigenvalue weighted by molar-refractivity contribution is 7.98. The molecule has 0 bridgehead atoms. The second-order valence-electron chi connectivity index (χ2n) is 7.26. The molecule has 1 aromatic heterocycles. The highest BCUT2D eigenvalue weighted by Crippen LogP contribution is 2.29. The van der Waals surface area contributed by atoms with Gasteiger partial charge in [0.05, 0.1) is 0 Å². The molecule has 0 aliphatic rings. The molecule has 3 rings (SSSR count). The second kappa shape index (κ2) is 7.62. The Balaban J connectivity index is 1.83. The van der Waals surface area contributed by atoms with E-state index < -0.39 is 0 Å². The van der Waals surface area contributed by atoms with Gasteiger partial charge in [0, 0.05) is 17.9 Å². The van der Waals surface area contributed by atoms with Crippen LogP contribution in [0.3, 0.4) is 0 Å². The average Bonchev–Trinajstić information content (AvgIpc) is 3.03. The first kappa shape index (κ1) is 18.6. The molecule has 136 valence electrons. The third-order valence-corrected chi connectivity index (χ3v) is 5.37. The molecule has 0 saturated carbocycles. The molecule has 0 radical (unpaired) electrons. The van der Waals surface area contributed by atoms with E-state index in [1.165, 1.54) is 23.4 Å². The van der Waals surface area contributed by atoms with E-state index >= 15 is 0 Å². The number of halogens is 1. The Morgan fingerprint density at radius 2 is 1.69 bits per heavy atom. The minimum atomic E-state index is -0.180. The van der Waals surface area contributed by atoms with Crippen LogP contribution in [0.15, 0.2) is 53.7 Å². The molecule has 5 heteroatoms. The summed E-state index contributed by atoms with van der Waals surface area (Å²) in [4.78, 5) is 0. The summed E-state index contributed by atoms with van der Waals surface area (Å²) in [5.41, 5.74) is 3.14. The van der Waals surface area contributed by atoms with Crippen molar-refractivity contribution in [2.75, 3.05) is 0 Å². The number of hydrogen-bond donors (Lipinski definition) is 0. The molecule has 26 heavy (non-hydrogen) atoms. The number of rotatable bonds is 5. The Morgan fingerprint density at radius 3 is 2.31 bits per heavy atom. The van der Waals surface area contributed by atoms with Crippen molar-refractivity contribution in [2.24, 2.45) is 0 Å². The third-order valence-electron chi connectivity index (χ3n) is 4.36. The minimum absolute atomic E-state index is 0.123. The first-order chi connectivity index (χ1) is 12.4. The summed E-state index contributed by atoms with van der Waals surface area (Å²) in [5, 5.41) is 9.53. The molecule has 3 aromatic rings. The summed E-state index contributed by atoms with van der Waals surface area (Å²) in [6.07, 6.45) is 0. The first-order valence-electron chi connectivity index (χ1n) is 8.80. The number of benzene rings is 2. The lowest BCUT2D eigenvalue weighted by Gasteiger charge is -2.19. The lowest BCUT2D eigenvalue weighted by molar-refractivity contribution is 0.590. The van der Waals surface area contributed by atoms with E-state index in [0.717, 1.165) is 23.1 Å². The van der Waals surface area contributed by atoms with Gasteiger partial charge in [0.2, 0.25) is 0 Å². The third kappa shape index (κ3) is 3.98. The van der Waals surface area contributed by atoms with Crippen molar-refractivity contribution in [2.45, 2.75) is 50.6 Å². The quantitative estimate of drug-likeness (QED) is 0.541. The van der Waals surface area contributed by atoms with Crippen LogP contribution in [0.2, 0.25) is 0 Å². The maximum absolute atomic E-state index is 13.8. The van der Waals surface area contributed by atoms with Crippen molar-refractivity contribution in [1.29, 1.82) is 0 Å². The Labute approximate surface area is 158 Å². The topological polar surface area (TPSA) is 30.7 Å². The maximum atomic E-state index is 13.8. The number of nitrogens with zero attached hydrogens (tertiary/aromatic N) is 3. The number of hydrogen-bond acceptors (Lipinski definition) is 3. The van der Waals surface area contributed by atoms with Gasteiger partial charge in [0.15, 0.2) is 11.0 Å². The van der Waals surface area contributed by atoms with Crippen molar-refractivity contribution in [3.63, 3.8) is 0 Å². The molecule has 0 unspecified atom stereocenters. The summed E-state index contributed by atoms with van der Waals surface area (Å²) < 4.78 is 15.9. The molecule has 0 aliphatic carbocycles. The molecule has 0 fully saturated rings. The highest BCUT2D eigenvalue weighted by atomic mass is 32.2. The van der Waals surface area contributed by atoms with Gasteiger partial charge < -0.3 is 4.57 Å². The molecule has 0 atom stereocenters. The van der Waals surface area contributed by atoms with E-state index in [9.17, 15) is 4.39 Å². The summed E-state index contributed by atoms with van der Waals surface area (Å²) in [7, 11) is 0. The van der Waals surface area contributed by atoms with E-state index in [4.69, 9.17) is 0 Å². The molecule has 0 spiro atoms. The minimum Gasteiger partial charge on any atom is -0.302 e. The van der Waals surface area contributed by atoms with Crippen molar-refractivity contribution >= 4 is 11.8 Å². The molecule has 0 aliphatic heterocycles. The fraction of sp³-hybridized carbons (Fsp3) is 0.333. The molecular weight excluding hydrogens is 345 g/mol. The van der Waals surface area contributed by atoms with Crippen molar-refractivity contribution in [1.82, 2.24) is 14.8 Å². The van der Waals surface area contributed by atoms with Crippen LogP contribution in [0, 0.1) is 5.82 Å². The van der Waals surface area contributed by atoms with E-state index in [1.807, 2.05) is 6.07 Å².